The van der Waals surface area contributed by atoms with Crippen LogP contribution >= 0.6 is 0 Å². The van der Waals surface area contributed by atoms with Crippen LogP contribution in [0.3, 0.4) is 0 Å². The molecule has 0 amide bonds. The molecule has 0 radical (unpaired) electrons. The summed E-state index contributed by atoms with van der Waals surface area (Å²) in [5.41, 5.74) is 20.0. The highest BCUT2D eigenvalue weighted by Gasteiger charge is 2.53. The summed E-state index contributed by atoms with van der Waals surface area (Å²) in [6, 6.07) is 72.6. The van der Waals surface area contributed by atoms with Crippen LogP contribution in [0.15, 0.2) is 200 Å². The molecule has 0 atom stereocenters. The van der Waals surface area contributed by atoms with Crippen molar-refractivity contribution >= 4 is 17.1 Å². The lowest BCUT2D eigenvalue weighted by atomic mass is 9.70. The Morgan fingerprint density at radius 2 is 0.885 bits per heavy atom. The molecule has 3 aliphatic carbocycles. The predicted molar refractivity (Wildman–Crippen MR) is 247 cm³/mol. The number of hydrogen-bond acceptors (Lipinski definition) is 3. The van der Waals surface area contributed by atoms with Gasteiger partial charge in [-0.1, -0.05) is 166 Å². The van der Waals surface area contributed by atoms with Crippen LogP contribution < -0.4 is 14.4 Å². The van der Waals surface area contributed by atoms with Crippen molar-refractivity contribution in [3.63, 3.8) is 0 Å². The molecule has 0 saturated heterocycles. The molecular weight excluding hydrogens is 743 g/mol. The van der Waals surface area contributed by atoms with Crippen molar-refractivity contribution < 1.29 is 9.47 Å². The van der Waals surface area contributed by atoms with Crippen LogP contribution in [0.25, 0.3) is 44.5 Å². The van der Waals surface area contributed by atoms with Crippen LogP contribution in [0, 0.1) is 0 Å². The van der Waals surface area contributed by atoms with Gasteiger partial charge < -0.3 is 14.4 Å². The van der Waals surface area contributed by atoms with Crippen LogP contribution in [0.4, 0.5) is 17.1 Å². The molecule has 9 aromatic carbocycles. The highest BCUT2D eigenvalue weighted by Crippen LogP contribution is 2.66. The van der Waals surface area contributed by atoms with Crippen molar-refractivity contribution in [2.45, 2.75) is 24.7 Å². The molecule has 0 fully saturated rings. The number of fused-ring (bicyclic) bond motifs is 16. The zero-order valence-electron chi connectivity index (χ0n) is 33.8. The van der Waals surface area contributed by atoms with Gasteiger partial charge in [0.05, 0.1) is 11.1 Å². The van der Waals surface area contributed by atoms with Gasteiger partial charge in [0.25, 0.3) is 0 Å². The quantitative estimate of drug-likeness (QED) is 0.177. The highest BCUT2D eigenvalue weighted by molar-refractivity contribution is 5.98. The molecule has 1 spiro atoms. The molecule has 61 heavy (non-hydrogen) atoms. The fraction of sp³-hybridized carbons (Fsp3) is 0.0690. The van der Waals surface area contributed by atoms with Crippen LogP contribution in [0.2, 0.25) is 0 Å². The Morgan fingerprint density at radius 1 is 0.344 bits per heavy atom. The summed E-state index contributed by atoms with van der Waals surface area (Å²) in [4.78, 5) is 2.36. The highest BCUT2D eigenvalue weighted by atomic mass is 16.6. The minimum atomic E-state index is -0.471. The second kappa shape index (κ2) is 12.5. The molecule has 0 aromatic heterocycles. The Labute approximate surface area is 355 Å². The normalized spacial score (nSPS) is 14.6. The smallest absolute Gasteiger partial charge is 0.178 e. The van der Waals surface area contributed by atoms with Crippen LogP contribution in [-0.4, -0.2) is 0 Å². The number of benzene rings is 9. The summed E-state index contributed by atoms with van der Waals surface area (Å²) >= 11 is 0. The third-order valence-corrected chi connectivity index (χ3v) is 13.7. The summed E-state index contributed by atoms with van der Waals surface area (Å²) in [5.74, 6) is 2.85. The number of ether oxygens (including phenoxy) is 2. The van der Waals surface area contributed by atoms with E-state index in [0.717, 1.165) is 39.7 Å². The first-order valence-corrected chi connectivity index (χ1v) is 21.2. The van der Waals surface area contributed by atoms with E-state index in [1.165, 1.54) is 66.8 Å². The van der Waals surface area contributed by atoms with E-state index >= 15 is 0 Å². The summed E-state index contributed by atoms with van der Waals surface area (Å²) < 4.78 is 14.0. The van der Waals surface area contributed by atoms with E-state index in [9.17, 15) is 0 Å². The molecule has 9 aromatic rings. The van der Waals surface area contributed by atoms with E-state index in [0.29, 0.717) is 11.5 Å². The zero-order valence-corrected chi connectivity index (χ0v) is 33.8. The average molecular weight is 782 g/mol. The number of rotatable bonds is 4. The Bertz CT molecular complexity index is 3260. The van der Waals surface area contributed by atoms with Gasteiger partial charge >= 0.3 is 0 Å². The van der Waals surface area contributed by atoms with Crippen molar-refractivity contribution in [1.82, 2.24) is 0 Å². The van der Waals surface area contributed by atoms with E-state index in [1.54, 1.807) is 0 Å². The van der Waals surface area contributed by atoms with Crippen molar-refractivity contribution in [1.29, 1.82) is 0 Å². The first-order valence-electron chi connectivity index (χ1n) is 21.2. The second-order valence-corrected chi connectivity index (χ2v) is 17.2. The van der Waals surface area contributed by atoms with E-state index < -0.39 is 5.41 Å². The molecule has 0 unspecified atom stereocenters. The Morgan fingerprint density at radius 3 is 1.62 bits per heavy atom. The summed E-state index contributed by atoms with van der Waals surface area (Å²) in [6.45, 7) is 4.68. The maximum absolute atomic E-state index is 7.21. The van der Waals surface area contributed by atoms with Crippen molar-refractivity contribution in [2.75, 3.05) is 4.90 Å². The molecule has 0 N–H and O–H groups in total. The van der Waals surface area contributed by atoms with Crippen molar-refractivity contribution in [3.05, 3.63) is 234 Å². The van der Waals surface area contributed by atoms with Gasteiger partial charge in [0, 0.05) is 28.4 Å². The molecule has 1 aliphatic heterocycles. The topological polar surface area (TPSA) is 21.7 Å². The van der Waals surface area contributed by atoms with Crippen molar-refractivity contribution in [3.8, 4) is 67.5 Å². The third-order valence-electron chi connectivity index (χ3n) is 13.7. The zero-order chi connectivity index (χ0) is 40.5. The Kier molecular flexibility index (Phi) is 6.99. The van der Waals surface area contributed by atoms with E-state index in [1.807, 2.05) is 0 Å². The van der Waals surface area contributed by atoms with Gasteiger partial charge in [-0.25, -0.2) is 0 Å². The molecule has 13 rings (SSSR count). The first-order chi connectivity index (χ1) is 30.0. The fourth-order valence-electron chi connectivity index (χ4n) is 11.1. The van der Waals surface area contributed by atoms with Gasteiger partial charge in [0.2, 0.25) is 0 Å². The second-order valence-electron chi connectivity index (χ2n) is 17.2. The van der Waals surface area contributed by atoms with Crippen molar-refractivity contribution in [2.24, 2.45) is 0 Å². The van der Waals surface area contributed by atoms with Crippen LogP contribution in [0.1, 0.15) is 47.2 Å². The van der Waals surface area contributed by atoms with Crippen LogP contribution in [0.5, 0.6) is 23.0 Å². The largest absolute Gasteiger partial charge is 0.449 e. The standard InChI is InChI=1S/C58H39NO2/c1-57(2)46-23-10-6-19-41(46)44-29-27-39(34-51(44)57)59(38-18-14-17-37(33-38)36-15-4-3-5-16-36)40-28-31-52-54(35-40)61-56-53(60-52)32-30-50-55(56)45-22-9-13-26-49(45)58(50)47-24-11-7-20-42(47)43-21-8-12-25-48(43)58/h3-35H,1-2H3. The van der Waals surface area contributed by atoms with Gasteiger partial charge in [-0.15, -0.1) is 0 Å². The van der Waals surface area contributed by atoms with E-state index in [-0.39, 0.29) is 5.41 Å². The number of hydrogen-bond donors (Lipinski definition) is 0. The SMILES string of the molecule is CC1(C)c2ccccc2-c2ccc(N(c3cccc(-c4ccccc4)c3)c3ccc4c(c3)Oc3c(ccc5c3-c3ccccc3C53c5ccccc5-c5ccccc53)O4)cc21. The molecule has 288 valence electrons. The molecule has 3 heteroatoms. The molecule has 3 nitrogen and oxygen atoms in total. The van der Waals surface area contributed by atoms with Gasteiger partial charge in [0.1, 0.15) is 0 Å². The maximum Gasteiger partial charge on any atom is 0.178 e. The molecular formula is C58H39NO2. The predicted octanol–water partition coefficient (Wildman–Crippen LogP) is 15.4. The summed E-state index contributed by atoms with van der Waals surface area (Å²) in [7, 11) is 0. The third kappa shape index (κ3) is 4.63. The fourth-order valence-corrected chi connectivity index (χ4v) is 11.1. The van der Waals surface area contributed by atoms with Crippen LogP contribution in [-0.2, 0) is 10.8 Å². The molecule has 0 bridgehead atoms. The van der Waals surface area contributed by atoms with Gasteiger partial charge in [-0.3, -0.25) is 0 Å². The lowest BCUT2D eigenvalue weighted by molar-refractivity contribution is 0.360. The van der Waals surface area contributed by atoms with E-state index in [4.69, 9.17) is 9.47 Å². The van der Waals surface area contributed by atoms with E-state index in [2.05, 4.69) is 219 Å². The van der Waals surface area contributed by atoms with Gasteiger partial charge in [0.15, 0.2) is 23.0 Å². The molecule has 0 saturated carbocycles. The van der Waals surface area contributed by atoms with Gasteiger partial charge in [-0.2, -0.15) is 0 Å². The minimum Gasteiger partial charge on any atom is -0.449 e. The summed E-state index contributed by atoms with van der Waals surface area (Å²) in [6.07, 6.45) is 0. The summed E-state index contributed by atoms with van der Waals surface area (Å²) in [5, 5.41) is 0. The molecule has 4 aliphatic rings. The number of nitrogens with zero attached hydrogens (tertiary/aromatic N) is 1. The average Bonchev–Trinajstić information content (AvgIpc) is 3.87. The van der Waals surface area contributed by atoms with Gasteiger partial charge in [-0.05, 0) is 115 Å². The number of anilines is 3. The Balaban J connectivity index is 0.978. The monoisotopic (exact) mass is 781 g/mol. The lowest BCUT2D eigenvalue weighted by Crippen LogP contribution is -2.25. The lowest BCUT2D eigenvalue weighted by Gasteiger charge is -2.31. The Hall–Kier alpha value is -7.62. The maximum atomic E-state index is 7.21. The first kappa shape index (κ1) is 34.3. The molecule has 1 heterocycles. The minimum absolute atomic E-state index is 0.148.